The number of para-hydroxylation sites is 4. The van der Waals surface area contributed by atoms with Crippen LogP contribution >= 0.6 is 0 Å². The second kappa shape index (κ2) is 12.4. The summed E-state index contributed by atoms with van der Waals surface area (Å²) in [4.78, 5) is 10.8. The van der Waals surface area contributed by atoms with Crippen molar-refractivity contribution in [1.82, 2.24) is 23.7 Å². The Balaban J connectivity index is 1.18. The minimum atomic E-state index is 0.642. The summed E-state index contributed by atoms with van der Waals surface area (Å²) in [6.45, 7) is 0. The van der Waals surface area contributed by atoms with Gasteiger partial charge in [0.25, 0.3) is 0 Å². The van der Waals surface area contributed by atoms with Crippen molar-refractivity contribution in [2.45, 2.75) is 0 Å². The van der Waals surface area contributed by atoms with Gasteiger partial charge in [-0.2, -0.15) is 0 Å². The van der Waals surface area contributed by atoms with Gasteiger partial charge in [0, 0.05) is 55.5 Å². The van der Waals surface area contributed by atoms with Crippen molar-refractivity contribution in [2.24, 2.45) is 0 Å². The first-order chi connectivity index (χ1) is 28.3. The number of benzene rings is 8. The maximum Gasteiger partial charge on any atom is 0.235 e. The molecule has 0 N–H and O–H groups in total. The summed E-state index contributed by atoms with van der Waals surface area (Å²) >= 11 is 0. The molecule has 4 heterocycles. The molecule has 57 heavy (non-hydrogen) atoms. The van der Waals surface area contributed by atoms with Crippen molar-refractivity contribution in [1.29, 1.82) is 0 Å². The molecule has 0 saturated carbocycles. The van der Waals surface area contributed by atoms with Crippen LogP contribution in [0.3, 0.4) is 0 Å². The van der Waals surface area contributed by atoms with E-state index >= 15 is 0 Å². The molecule has 0 amide bonds. The second-order valence-corrected chi connectivity index (χ2v) is 14.7. The Kier molecular flexibility index (Phi) is 6.86. The topological polar surface area (TPSA) is 40.6 Å². The minimum Gasteiger partial charge on any atom is -0.317 e. The Morgan fingerprint density at radius 3 is 1.63 bits per heavy atom. The van der Waals surface area contributed by atoms with Crippen LogP contribution in [0, 0.1) is 0 Å². The van der Waals surface area contributed by atoms with E-state index in [4.69, 9.17) is 9.97 Å². The molecule has 266 valence electrons. The average molecular weight is 728 g/mol. The average Bonchev–Trinajstić information content (AvgIpc) is 3.94. The van der Waals surface area contributed by atoms with Gasteiger partial charge in [0.2, 0.25) is 5.95 Å². The van der Waals surface area contributed by atoms with E-state index < -0.39 is 0 Å². The zero-order valence-electron chi connectivity index (χ0n) is 30.8. The lowest BCUT2D eigenvalue weighted by atomic mass is 10.0. The van der Waals surface area contributed by atoms with Crippen molar-refractivity contribution in [2.75, 3.05) is 0 Å². The maximum atomic E-state index is 5.49. The summed E-state index contributed by atoms with van der Waals surface area (Å²) in [6.07, 6.45) is 2.17. The highest BCUT2D eigenvalue weighted by Gasteiger charge is 2.22. The molecule has 0 saturated heterocycles. The predicted octanol–water partition coefficient (Wildman–Crippen LogP) is 13.1. The van der Waals surface area contributed by atoms with Crippen LogP contribution in [0.2, 0.25) is 0 Å². The van der Waals surface area contributed by atoms with E-state index in [-0.39, 0.29) is 0 Å². The summed E-state index contributed by atoms with van der Waals surface area (Å²) < 4.78 is 6.95. The molecule has 12 rings (SSSR count). The third kappa shape index (κ3) is 4.89. The van der Waals surface area contributed by atoms with Gasteiger partial charge in [-0.3, -0.25) is 4.57 Å². The van der Waals surface area contributed by atoms with Gasteiger partial charge in [0.15, 0.2) is 0 Å². The fraction of sp³-hybridized carbons (Fsp3) is 0. The van der Waals surface area contributed by atoms with Gasteiger partial charge in [-0.05, 0) is 77.9 Å². The molecule has 0 radical (unpaired) electrons. The Morgan fingerprint density at radius 2 is 0.877 bits per heavy atom. The summed E-state index contributed by atoms with van der Waals surface area (Å²) in [5.41, 5.74) is 13.1. The van der Waals surface area contributed by atoms with Crippen LogP contribution in [0.25, 0.3) is 105 Å². The summed E-state index contributed by atoms with van der Waals surface area (Å²) in [5.74, 6) is 0.642. The number of hydrogen-bond donors (Lipinski definition) is 0. The van der Waals surface area contributed by atoms with E-state index in [1.54, 1.807) is 0 Å². The van der Waals surface area contributed by atoms with E-state index in [1.807, 2.05) is 0 Å². The lowest BCUT2D eigenvalue weighted by Gasteiger charge is -2.12. The minimum absolute atomic E-state index is 0.642. The normalized spacial score (nSPS) is 11.9. The van der Waals surface area contributed by atoms with Crippen molar-refractivity contribution in [3.05, 3.63) is 200 Å². The smallest absolute Gasteiger partial charge is 0.235 e. The van der Waals surface area contributed by atoms with E-state index in [9.17, 15) is 0 Å². The fourth-order valence-corrected chi connectivity index (χ4v) is 8.83. The van der Waals surface area contributed by atoms with Crippen LogP contribution in [0.5, 0.6) is 0 Å². The molecule has 5 nitrogen and oxygen atoms in total. The molecule has 0 bridgehead atoms. The number of hydrogen-bond acceptors (Lipinski definition) is 2. The predicted molar refractivity (Wildman–Crippen MR) is 236 cm³/mol. The molecule has 12 aromatic rings. The van der Waals surface area contributed by atoms with Crippen LogP contribution in [0.4, 0.5) is 0 Å². The monoisotopic (exact) mass is 727 g/mol. The van der Waals surface area contributed by atoms with Crippen LogP contribution in [0.15, 0.2) is 200 Å². The molecule has 0 atom stereocenters. The largest absolute Gasteiger partial charge is 0.317 e. The number of fused-ring (bicyclic) bond motifs is 8. The van der Waals surface area contributed by atoms with E-state index in [2.05, 4.69) is 214 Å². The highest BCUT2D eigenvalue weighted by molar-refractivity contribution is 6.20. The van der Waals surface area contributed by atoms with Crippen LogP contribution in [0.1, 0.15) is 0 Å². The second-order valence-electron chi connectivity index (χ2n) is 14.7. The van der Waals surface area contributed by atoms with Crippen molar-refractivity contribution >= 4 is 65.4 Å². The summed E-state index contributed by atoms with van der Waals surface area (Å²) in [5, 5.41) is 6.84. The quantitative estimate of drug-likeness (QED) is 0.177. The van der Waals surface area contributed by atoms with Gasteiger partial charge in [-0.25, -0.2) is 9.97 Å². The lowest BCUT2D eigenvalue weighted by Crippen LogP contribution is -2.03. The fourth-order valence-electron chi connectivity index (χ4n) is 8.83. The molecule has 4 aromatic heterocycles. The Bertz CT molecular complexity index is 3490. The molecule has 0 fully saturated rings. The van der Waals surface area contributed by atoms with Gasteiger partial charge in [-0.1, -0.05) is 127 Å². The van der Waals surface area contributed by atoms with Gasteiger partial charge < -0.3 is 9.13 Å². The molecular weight excluding hydrogens is 695 g/mol. The SMILES string of the molecule is c1ccc(-c2ccc(-c3nc(-n4c5cc6ccn(-c7ccccc7)c6cc5c5cc6c(cc54)c4ccccc4n6-c4ccccc4)nc4ccccc34)cc2)cc1. The van der Waals surface area contributed by atoms with Gasteiger partial charge in [-0.15, -0.1) is 0 Å². The first-order valence-electron chi connectivity index (χ1n) is 19.3. The first kappa shape index (κ1) is 31.6. The van der Waals surface area contributed by atoms with Gasteiger partial charge in [0.1, 0.15) is 0 Å². The molecule has 8 aromatic carbocycles. The molecule has 0 aliphatic rings. The van der Waals surface area contributed by atoms with E-state index in [0.29, 0.717) is 5.95 Å². The van der Waals surface area contributed by atoms with E-state index in [1.165, 1.54) is 27.4 Å². The van der Waals surface area contributed by atoms with Crippen LogP contribution < -0.4 is 0 Å². The first-order valence-corrected chi connectivity index (χ1v) is 19.3. The zero-order valence-corrected chi connectivity index (χ0v) is 30.8. The molecule has 5 heteroatoms. The lowest BCUT2D eigenvalue weighted by molar-refractivity contribution is 1.01. The highest BCUT2D eigenvalue weighted by Crippen LogP contribution is 2.41. The number of nitrogens with zero attached hydrogens (tertiary/aromatic N) is 5. The molecule has 0 aliphatic heterocycles. The Labute approximate surface area is 328 Å². The van der Waals surface area contributed by atoms with Gasteiger partial charge in [0.05, 0.1) is 38.8 Å². The van der Waals surface area contributed by atoms with E-state index in [0.717, 1.165) is 71.8 Å². The molecule has 0 spiro atoms. The summed E-state index contributed by atoms with van der Waals surface area (Å²) in [7, 11) is 0. The molecule has 0 unspecified atom stereocenters. The zero-order chi connectivity index (χ0) is 37.5. The summed E-state index contributed by atoms with van der Waals surface area (Å²) in [6, 6.07) is 69.2. The number of aromatic nitrogens is 5. The number of rotatable bonds is 5. The van der Waals surface area contributed by atoms with Crippen molar-refractivity contribution < 1.29 is 0 Å². The maximum absolute atomic E-state index is 5.49. The van der Waals surface area contributed by atoms with Gasteiger partial charge >= 0.3 is 0 Å². The highest BCUT2D eigenvalue weighted by atomic mass is 15.2. The van der Waals surface area contributed by atoms with Crippen LogP contribution in [-0.4, -0.2) is 23.7 Å². The molecular formula is C52H33N5. The Morgan fingerprint density at radius 1 is 0.333 bits per heavy atom. The van der Waals surface area contributed by atoms with Crippen LogP contribution in [-0.2, 0) is 0 Å². The third-order valence-corrected chi connectivity index (χ3v) is 11.5. The Hall–Kier alpha value is -7.76. The third-order valence-electron chi connectivity index (χ3n) is 11.5. The molecule has 0 aliphatic carbocycles. The van der Waals surface area contributed by atoms with Crippen molar-refractivity contribution in [3.63, 3.8) is 0 Å². The standard InChI is InChI=1S/C52H33N5/c1-4-14-34(15-5-1)35-24-26-36(27-25-35)51-41-21-10-12-22-45(41)53-52(54-51)57-48-30-37-28-29-55(38-16-6-2-7-17-38)47(37)31-43(48)44-33-49-42(32-50(44)57)40-20-11-13-23-46(40)56(49)39-18-8-3-9-19-39/h1-33H. The van der Waals surface area contributed by atoms with Crippen molar-refractivity contribution in [3.8, 4) is 39.7 Å².